The van der Waals surface area contributed by atoms with Gasteiger partial charge in [-0.25, -0.2) is 0 Å². The highest BCUT2D eigenvalue weighted by atomic mass is 16.3. The molecule has 0 radical (unpaired) electrons. The first-order valence-electron chi connectivity index (χ1n) is 17.1. The molecular weight excluding hydrogens is 454 g/mol. The lowest BCUT2D eigenvalue weighted by atomic mass is 10.0. The first kappa shape index (κ1) is 36.4. The van der Waals surface area contributed by atoms with Crippen LogP contribution < -0.4 is 5.32 Å². The van der Waals surface area contributed by atoms with Gasteiger partial charge in [0.05, 0.1) is 12.1 Å². The number of aliphatic hydroxyl groups excluding tert-OH is 1. The Labute approximate surface area is 233 Å². The van der Waals surface area contributed by atoms with Gasteiger partial charge in [-0.1, -0.05) is 174 Å². The topological polar surface area (TPSA) is 49.3 Å². The molecule has 3 heteroatoms. The van der Waals surface area contributed by atoms with Gasteiger partial charge in [-0.05, 0) is 19.8 Å². The zero-order valence-corrected chi connectivity index (χ0v) is 25.8. The van der Waals surface area contributed by atoms with Gasteiger partial charge in [-0.2, -0.15) is 0 Å². The van der Waals surface area contributed by atoms with Gasteiger partial charge < -0.3 is 10.4 Å². The predicted octanol–water partition coefficient (Wildman–Crippen LogP) is 10.8. The first-order valence-corrected chi connectivity index (χ1v) is 17.1. The maximum Gasteiger partial charge on any atom is 0.220 e. The summed E-state index contributed by atoms with van der Waals surface area (Å²) in [5, 5.41) is 13.4. The second-order valence-corrected chi connectivity index (χ2v) is 11.9. The smallest absolute Gasteiger partial charge is 0.220 e. The predicted molar refractivity (Wildman–Crippen MR) is 164 cm³/mol. The van der Waals surface area contributed by atoms with Crippen molar-refractivity contribution in [2.24, 2.45) is 0 Å². The van der Waals surface area contributed by atoms with Crippen molar-refractivity contribution in [3.8, 4) is 0 Å². The number of rotatable bonds is 30. The van der Waals surface area contributed by atoms with E-state index in [9.17, 15) is 9.90 Å². The molecule has 3 nitrogen and oxygen atoms in total. The molecule has 0 saturated carbocycles. The number of hydrogen-bond acceptors (Lipinski definition) is 2. The summed E-state index contributed by atoms with van der Waals surface area (Å²) in [5.74, 6) is 0.111. The Morgan fingerprint density at radius 3 is 1.16 bits per heavy atom. The fourth-order valence-electron chi connectivity index (χ4n) is 5.35. The molecule has 0 rings (SSSR count). The molecule has 222 valence electrons. The van der Waals surface area contributed by atoms with Crippen LogP contribution in [-0.4, -0.2) is 23.2 Å². The average Bonchev–Trinajstić information content (AvgIpc) is 2.89. The van der Waals surface area contributed by atoms with Crippen LogP contribution in [0.4, 0.5) is 0 Å². The zero-order chi connectivity index (χ0) is 27.2. The van der Waals surface area contributed by atoms with E-state index in [-0.39, 0.29) is 11.9 Å². The summed E-state index contributed by atoms with van der Waals surface area (Å²) in [6.45, 7) is 6.51. The Balaban J connectivity index is 3.42. The van der Waals surface area contributed by atoms with Crippen molar-refractivity contribution in [1.29, 1.82) is 0 Å². The van der Waals surface area contributed by atoms with Crippen molar-refractivity contribution in [3.05, 3.63) is 0 Å². The number of aliphatic hydroxyl groups is 1. The van der Waals surface area contributed by atoms with E-state index in [1.54, 1.807) is 0 Å². The van der Waals surface area contributed by atoms with Gasteiger partial charge in [-0.15, -0.1) is 0 Å². The molecule has 2 N–H and O–H groups in total. The Kier molecular flexibility index (Phi) is 29.5. The van der Waals surface area contributed by atoms with E-state index in [1.165, 1.54) is 148 Å². The van der Waals surface area contributed by atoms with Gasteiger partial charge >= 0.3 is 0 Å². The molecule has 0 saturated heterocycles. The minimum Gasteiger partial charge on any atom is -0.391 e. The summed E-state index contributed by atoms with van der Waals surface area (Å²) in [6.07, 6.45) is 35.7. The third-order valence-electron chi connectivity index (χ3n) is 8.08. The number of unbranched alkanes of at least 4 members (excludes halogenated alkanes) is 24. The quantitative estimate of drug-likeness (QED) is 0.0920. The number of amides is 1. The Morgan fingerprint density at radius 2 is 0.811 bits per heavy atom. The van der Waals surface area contributed by atoms with Crippen LogP contribution in [0.15, 0.2) is 0 Å². The van der Waals surface area contributed by atoms with Gasteiger partial charge in [-0.3, -0.25) is 4.79 Å². The Morgan fingerprint density at radius 1 is 0.514 bits per heavy atom. The number of hydrogen-bond donors (Lipinski definition) is 2. The first-order chi connectivity index (χ1) is 18.1. The fourth-order valence-corrected chi connectivity index (χ4v) is 5.35. The highest BCUT2D eigenvalue weighted by Crippen LogP contribution is 2.15. The average molecular weight is 524 g/mol. The summed E-state index contributed by atoms with van der Waals surface area (Å²) in [5.41, 5.74) is 0. The molecular formula is C34H69NO2. The molecule has 2 atom stereocenters. The van der Waals surface area contributed by atoms with Crippen molar-refractivity contribution in [2.45, 2.75) is 213 Å². The van der Waals surface area contributed by atoms with Crippen LogP contribution >= 0.6 is 0 Å². The fraction of sp³-hybridized carbons (Fsp3) is 0.971. The van der Waals surface area contributed by atoms with Gasteiger partial charge in [0.15, 0.2) is 0 Å². The molecule has 0 fully saturated rings. The van der Waals surface area contributed by atoms with Crippen LogP contribution in [0, 0.1) is 0 Å². The van der Waals surface area contributed by atoms with E-state index in [1.807, 2.05) is 6.92 Å². The minimum atomic E-state index is -0.414. The van der Waals surface area contributed by atoms with Crippen LogP contribution in [0.5, 0.6) is 0 Å². The molecule has 2 unspecified atom stereocenters. The van der Waals surface area contributed by atoms with E-state index >= 15 is 0 Å². The monoisotopic (exact) mass is 524 g/mol. The van der Waals surface area contributed by atoms with Crippen LogP contribution in [-0.2, 0) is 4.79 Å². The van der Waals surface area contributed by atoms with Crippen LogP contribution in [0.1, 0.15) is 201 Å². The molecule has 0 aliphatic heterocycles. The van der Waals surface area contributed by atoms with E-state index in [4.69, 9.17) is 0 Å². The highest BCUT2D eigenvalue weighted by Gasteiger charge is 2.15. The molecule has 0 aliphatic carbocycles. The molecule has 0 aliphatic rings. The van der Waals surface area contributed by atoms with E-state index in [0.717, 1.165) is 25.7 Å². The van der Waals surface area contributed by atoms with Crippen molar-refractivity contribution < 1.29 is 9.90 Å². The third kappa shape index (κ3) is 28.3. The summed E-state index contributed by atoms with van der Waals surface area (Å²) >= 11 is 0. The summed E-state index contributed by atoms with van der Waals surface area (Å²) in [6, 6.07) is -0.133. The van der Waals surface area contributed by atoms with Crippen LogP contribution in [0.25, 0.3) is 0 Å². The number of nitrogens with one attached hydrogen (secondary N) is 1. The molecule has 0 aromatic rings. The molecule has 0 aromatic heterocycles. The molecule has 37 heavy (non-hydrogen) atoms. The van der Waals surface area contributed by atoms with Crippen molar-refractivity contribution >= 4 is 5.91 Å². The SMILES string of the molecule is CCCCCCCCCCCCCCCC(=O)NC(C)C(O)CCCCCCCCCCCCCCC. The second-order valence-electron chi connectivity index (χ2n) is 11.9. The van der Waals surface area contributed by atoms with Crippen molar-refractivity contribution in [1.82, 2.24) is 5.32 Å². The zero-order valence-electron chi connectivity index (χ0n) is 25.8. The van der Waals surface area contributed by atoms with Gasteiger partial charge in [0.2, 0.25) is 5.91 Å². The second kappa shape index (κ2) is 30.0. The molecule has 1 amide bonds. The van der Waals surface area contributed by atoms with E-state index in [2.05, 4.69) is 19.2 Å². The molecule has 0 spiro atoms. The Bertz CT molecular complexity index is 453. The molecule has 0 heterocycles. The van der Waals surface area contributed by atoms with Gasteiger partial charge in [0.25, 0.3) is 0 Å². The largest absolute Gasteiger partial charge is 0.391 e. The van der Waals surface area contributed by atoms with Crippen molar-refractivity contribution in [3.63, 3.8) is 0 Å². The maximum absolute atomic E-state index is 12.2. The lowest BCUT2D eigenvalue weighted by Crippen LogP contribution is -2.41. The van der Waals surface area contributed by atoms with Gasteiger partial charge in [0, 0.05) is 6.42 Å². The Hall–Kier alpha value is -0.570. The number of carbonyl (C=O) groups is 1. The normalized spacial score (nSPS) is 13.1. The highest BCUT2D eigenvalue weighted by molar-refractivity contribution is 5.76. The molecule has 0 bridgehead atoms. The van der Waals surface area contributed by atoms with E-state index in [0.29, 0.717) is 6.42 Å². The summed E-state index contributed by atoms with van der Waals surface area (Å²) < 4.78 is 0. The van der Waals surface area contributed by atoms with E-state index < -0.39 is 6.10 Å². The third-order valence-corrected chi connectivity index (χ3v) is 8.08. The lowest BCUT2D eigenvalue weighted by Gasteiger charge is -2.20. The standard InChI is InChI=1S/C34H69NO2/c1-4-6-8-10-12-14-16-18-20-22-24-26-28-30-33(36)32(3)35-34(37)31-29-27-25-23-21-19-17-15-13-11-9-7-5-2/h32-33,36H,4-31H2,1-3H3,(H,35,37). The molecule has 0 aromatic carbocycles. The van der Waals surface area contributed by atoms with Crippen molar-refractivity contribution in [2.75, 3.05) is 0 Å². The van der Waals surface area contributed by atoms with Gasteiger partial charge in [0.1, 0.15) is 0 Å². The lowest BCUT2D eigenvalue weighted by molar-refractivity contribution is -0.122. The summed E-state index contributed by atoms with van der Waals surface area (Å²) in [4.78, 5) is 12.2. The number of carbonyl (C=O) groups excluding carboxylic acids is 1. The minimum absolute atomic E-state index is 0.111. The van der Waals surface area contributed by atoms with Crippen LogP contribution in [0.3, 0.4) is 0 Å². The van der Waals surface area contributed by atoms with Crippen LogP contribution in [0.2, 0.25) is 0 Å². The maximum atomic E-state index is 12.2. The summed E-state index contributed by atoms with van der Waals surface area (Å²) in [7, 11) is 0.